The topological polar surface area (TPSA) is 97.8 Å². The molecule has 0 saturated heterocycles. The fourth-order valence-electron chi connectivity index (χ4n) is 3.99. The highest BCUT2D eigenvalue weighted by Crippen LogP contribution is 2.31. The summed E-state index contributed by atoms with van der Waals surface area (Å²) >= 11 is 0. The molecule has 0 fully saturated rings. The lowest BCUT2D eigenvalue weighted by Crippen LogP contribution is -2.28. The number of fused-ring (bicyclic) bond motifs is 3. The summed E-state index contributed by atoms with van der Waals surface area (Å²) in [5.74, 6) is 0.734. The molecule has 0 unspecified atom stereocenters. The quantitative estimate of drug-likeness (QED) is 0.503. The minimum atomic E-state index is -0.962. The second-order valence-electron chi connectivity index (χ2n) is 7.82. The molecule has 0 aliphatic carbocycles. The van der Waals surface area contributed by atoms with Crippen molar-refractivity contribution in [3.8, 4) is 11.4 Å². The van der Waals surface area contributed by atoms with Gasteiger partial charge in [0.05, 0.1) is 18.4 Å². The van der Waals surface area contributed by atoms with Crippen LogP contribution in [-0.2, 0) is 19.6 Å². The van der Waals surface area contributed by atoms with Crippen molar-refractivity contribution >= 4 is 17.1 Å². The van der Waals surface area contributed by atoms with E-state index in [1.807, 2.05) is 6.07 Å². The van der Waals surface area contributed by atoms with Crippen molar-refractivity contribution in [1.29, 1.82) is 0 Å². The van der Waals surface area contributed by atoms with Crippen LogP contribution in [0.4, 0.5) is 9.18 Å². The maximum absolute atomic E-state index is 13.0. The van der Waals surface area contributed by atoms with E-state index in [2.05, 4.69) is 4.98 Å². The second-order valence-corrected chi connectivity index (χ2v) is 7.82. The Morgan fingerprint density at radius 1 is 1.21 bits per heavy atom. The number of amides is 1. The molecule has 1 aromatic carbocycles. The van der Waals surface area contributed by atoms with Crippen LogP contribution in [0.15, 0.2) is 64.1 Å². The zero-order valence-corrected chi connectivity index (χ0v) is 17.5. The number of ether oxygens (including phenoxy) is 1. The minimum Gasteiger partial charge on any atom is -0.487 e. The fourth-order valence-corrected chi connectivity index (χ4v) is 3.99. The molecule has 0 spiro atoms. The van der Waals surface area contributed by atoms with Crippen molar-refractivity contribution in [3.05, 3.63) is 88.0 Å². The average molecular weight is 449 g/mol. The number of benzene rings is 1. The summed E-state index contributed by atoms with van der Waals surface area (Å²) in [6.07, 6.45) is 3.12. The predicted molar refractivity (Wildman–Crippen MR) is 117 cm³/mol. The number of aryl methyl sites for hydroxylation is 1. The SMILES string of the molecule is O=C(O)N1CCCc2oc3ccc(-n4ccc(OCc5ccc(F)cn5)cc4=O)cc3c2C1. The molecule has 1 N–H and O–H groups in total. The predicted octanol–water partition coefficient (Wildman–Crippen LogP) is 4.12. The van der Waals surface area contributed by atoms with Crippen LogP contribution in [0.5, 0.6) is 5.75 Å². The molecular formula is C24H20FN3O5. The van der Waals surface area contributed by atoms with Gasteiger partial charge in [0.1, 0.15) is 29.5 Å². The highest BCUT2D eigenvalue weighted by Gasteiger charge is 2.23. The van der Waals surface area contributed by atoms with Gasteiger partial charge in [0.15, 0.2) is 0 Å². The third kappa shape index (κ3) is 4.17. The number of hydrogen-bond acceptors (Lipinski definition) is 5. The monoisotopic (exact) mass is 449 g/mol. The molecule has 1 amide bonds. The van der Waals surface area contributed by atoms with Gasteiger partial charge in [0, 0.05) is 41.9 Å². The molecule has 168 valence electrons. The van der Waals surface area contributed by atoms with Crippen LogP contribution in [0.2, 0.25) is 0 Å². The molecule has 0 bridgehead atoms. The maximum atomic E-state index is 13.0. The van der Waals surface area contributed by atoms with Crippen LogP contribution < -0.4 is 10.3 Å². The van der Waals surface area contributed by atoms with E-state index in [0.29, 0.717) is 42.1 Å². The number of furan rings is 1. The van der Waals surface area contributed by atoms with Gasteiger partial charge in [-0.2, -0.15) is 0 Å². The Balaban J connectivity index is 1.42. The van der Waals surface area contributed by atoms with E-state index >= 15 is 0 Å². The summed E-state index contributed by atoms with van der Waals surface area (Å²) in [4.78, 5) is 29.6. The van der Waals surface area contributed by atoms with Crippen LogP contribution in [0.3, 0.4) is 0 Å². The van der Waals surface area contributed by atoms with Gasteiger partial charge in [0.2, 0.25) is 0 Å². The molecule has 8 nitrogen and oxygen atoms in total. The average Bonchev–Trinajstić information content (AvgIpc) is 2.99. The lowest BCUT2D eigenvalue weighted by molar-refractivity contribution is 0.143. The summed E-state index contributed by atoms with van der Waals surface area (Å²) < 4.78 is 26.0. The zero-order chi connectivity index (χ0) is 22.9. The Bertz CT molecular complexity index is 1390. The molecule has 3 aromatic heterocycles. The molecule has 0 radical (unpaired) electrons. The Labute approximate surface area is 187 Å². The van der Waals surface area contributed by atoms with Gasteiger partial charge in [-0.15, -0.1) is 0 Å². The number of rotatable bonds is 4. The number of carboxylic acid groups (broad SMARTS) is 1. The molecular weight excluding hydrogens is 429 g/mol. The third-order valence-corrected chi connectivity index (χ3v) is 5.65. The van der Waals surface area contributed by atoms with E-state index in [1.165, 1.54) is 27.7 Å². The van der Waals surface area contributed by atoms with Crippen molar-refractivity contribution in [1.82, 2.24) is 14.5 Å². The zero-order valence-electron chi connectivity index (χ0n) is 17.5. The van der Waals surface area contributed by atoms with Crippen LogP contribution in [-0.4, -0.2) is 32.2 Å². The van der Waals surface area contributed by atoms with Gasteiger partial charge in [-0.25, -0.2) is 9.18 Å². The number of hydrogen-bond donors (Lipinski definition) is 1. The Kier molecular flexibility index (Phi) is 5.29. The van der Waals surface area contributed by atoms with Crippen molar-refractivity contribution in [2.75, 3.05) is 6.54 Å². The molecule has 4 aromatic rings. The number of carbonyl (C=O) groups is 1. The summed E-state index contributed by atoms with van der Waals surface area (Å²) in [7, 11) is 0. The first kappa shape index (κ1) is 20.7. The Morgan fingerprint density at radius 2 is 2.09 bits per heavy atom. The summed E-state index contributed by atoms with van der Waals surface area (Å²) in [6.45, 7) is 0.812. The van der Waals surface area contributed by atoms with Crippen molar-refractivity contribution < 1.29 is 23.4 Å². The van der Waals surface area contributed by atoms with E-state index < -0.39 is 11.9 Å². The van der Waals surface area contributed by atoms with E-state index in [0.717, 1.165) is 22.9 Å². The maximum Gasteiger partial charge on any atom is 0.407 e. The molecule has 5 rings (SSSR count). The van der Waals surface area contributed by atoms with E-state index in [1.54, 1.807) is 24.4 Å². The van der Waals surface area contributed by atoms with Gasteiger partial charge in [-0.3, -0.25) is 14.3 Å². The Morgan fingerprint density at radius 3 is 2.85 bits per heavy atom. The smallest absolute Gasteiger partial charge is 0.407 e. The molecule has 33 heavy (non-hydrogen) atoms. The summed E-state index contributed by atoms with van der Waals surface area (Å²) in [6, 6.07) is 11.3. The van der Waals surface area contributed by atoms with E-state index in [9.17, 15) is 19.1 Å². The number of aromatic nitrogens is 2. The van der Waals surface area contributed by atoms with Crippen LogP contribution in [0.25, 0.3) is 16.7 Å². The number of pyridine rings is 2. The molecule has 4 heterocycles. The largest absolute Gasteiger partial charge is 0.487 e. The molecule has 1 aliphatic rings. The normalized spacial score (nSPS) is 13.5. The van der Waals surface area contributed by atoms with E-state index in [4.69, 9.17) is 9.15 Å². The van der Waals surface area contributed by atoms with Crippen molar-refractivity contribution in [3.63, 3.8) is 0 Å². The summed E-state index contributed by atoms with van der Waals surface area (Å²) in [5, 5.41) is 10.2. The molecule has 9 heteroatoms. The van der Waals surface area contributed by atoms with Crippen molar-refractivity contribution in [2.45, 2.75) is 26.0 Å². The van der Waals surface area contributed by atoms with Crippen LogP contribution in [0.1, 0.15) is 23.4 Å². The third-order valence-electron chi connectivity index (χ3n) is 5.65. The molecule has 0 saturated carbocycles. The first-order valence-corrected chi connectivity index (χ1v) is 10.5. The van der Waals surface area contributed by atoms with E-state index in [-0.39, 0.29) is 18.7 Å². The Hall–Kier alpha value is -4.14. The van der Waals surface area contributed by atoms with Crippen LogP contribution in [0, 0.1) is 5.82 Å². The van der Waals surface area contributed by atoms with Gasteiger partial charge in [-0.05, 0) is 42.8 Å². The molecule has 1 aliphatic heterocycles. The van der Waals surface area contributed by atoms with Crippen LogP contribution >= 0.6 is 0 Å². The first-order chi connectivity index (χ1) is 16.0. The van der Waals surface area contributed by atoms with Gasteiger partial charge >= 0.3 is 6.09 Å². The lowest BCUT2D eigenvalue weighted by Gasteiger charge is -2.16. The van der Waals surface area contributed by atoms with Gasteiger partial charge in [0.25, 0.3) is 5.56 Å². The first-order valence-electron chi connectivity index (χ1n) is 10.5. The fraction of sp³-hybridized carbons (Fsp3) is 0.208. The lowest BCUT2D eigenvalue weighted by atomic mass is 10.1. The number of nitrogens with zero attached hydrogens (tertiary/aromatic N) is 3. The standard InChI is InChI=1S/C24H20FN3O5/c25-15-3-4-16(26-12-15)14-32-18-7-9-28(23(29)11-18)17-5-6-22-19(10-17)20-13-27(24(30)31)8-1-2-21(20)33-22/h3-7,9-12H,1-2,8,13-14H2,(H,30,31). The number of halogens is 1. The highest BCUT2D eigenvalue weighted by atomic mass is 19.1. The molecule has 0 atom stereocenters. The minimum absolute atomic E-state index is 0.108. The van der Waals surface area contributed by atoms with Gasteiger partial charge in [-0.1, -0.05) is 0 Å². The van der Waals surface area contributed by atoms with Crippen molar-refractivity contribution in [2.24, 2.45) is 0 Å². The second kappa shape index (κ2) is 8.42. The summed E-state index contributed by atoms with van der Waals surface area (Å²) in [5.41, 5.74) is 2.39. The van der Waals surface area contributed by atoms with Gasteiger partial charge < -0.3 is 19.2 Å². The highest BCUT2D eigenvalue weighted by molar-refractivity contribution is 5.85.